The zero-order valence-corrected chi connectivity index (χ0v) is 12.4. The molecule has 0 aromatic heterocycles. The fourth-order valence-corrected chi connectivity index (χ4v) is 2.78. The second kappa shape index (κ2) is 5.79. The first kappa shape index (κ1) is 14.1. The molecule has 0 aliphatic carbocycles. The smallest absolute Gasteiger partial charge is 0.256 e. The molecule has 5 nitrogen and oxygen atoms in total. The van der Waals surface area contributed by atoms with Crippen molar-refractivity contribution in [2.45, 2.75) is 18.9 Å². The van der Waals surface area contributed by atoms with Crippen LogP contribution in [0.4, 0.5) is 0 Å². The van der Waals surface area contributed by atoms with Gasteiger partial charge in [-0.25, -0.2) is 0 Å². The zero-order chi connectivity index (χ0) is 14.0. The normalized spacial score (nSPS) is 19.8. The Morgan fingerprint density at radius 3 is 3.00 bits per heavy atom. The largest absolute Gasteiger partial charge is 0.409 e. The topological polar surface area (TPSA) is 78.9 Å². The molecule has 1 aromatic rings. The number of benzene rings is 1. The maximum absolute atomic E-state index is 12.5. The first-order chi connectivity index (χ1) is 9.06. The van der Waals surface area contributed by atoms with Crippen LogP contribution >= 0.6 is 27.5 Å². The quantitative estimate of drug-likeness (QED) is 0.374. The van der Waals surface area contributed by atoms with Crippen LogP contribution in [0.3, 0.4) is 0 Å². The summed E-state index contributed by atoms with van der Waals surface area (Å²) >= 11 is 9.41. The van der Waals surface area contributed by atoms with Gasteiger partial charge in [-0.05, 0) is 40.9 Å². The summed E-state index contributed by atoms with van der Waals surface area (Å²) in [6, 6.07) is 4.81. The molecular formula is C12H13BrClN3O2. The van der Waals surface area contributed by atoms with Gasteiger partial charge in [0.15, 0.2) is 5.84 Å². The average Bonchev–Trinajstić information content (AvgIpc) is 2.89. The summed E-state index contributed by atoms with van der Waals surface area (Å²) in [4.78, 5) is 14.1. The predicted molar refractivity (Wildman–Crippen MR) is 76.6 cm³/mol. The van der Waals surface area contributed by atoms with Crippen molar-refractivity contribution in [2.24, 2.45) is 10.9 Å². The van der Waals surface area contributed by atoms with E-state index in [0.29, 0.717) is 28.0 Å². The van der Waals surface area contributed by atoms with E-state index in [4.69, 9.17) is 22.5 Å². The number of rotatable bonds is 2. The monoisotopic (exact) mass is 345 g/mol. The third-order valence-electron chi connectivity index (χ3n) is 3.15. The minimum Gasteiger partial charge on any atom is -0.409 e. The molecule has 1 saturated heterocycles. The summed E-state index contributed by atoms with van der Waals surface area (Å²) < 4.78 is 0.666. The molecule has 1 aromatic carbocycles. The Balaban J connectivity index is 2.31. The Morgan fingerprint density at radius 1 is 1.58 bits per heavy atom. The number of carbonyl (C=O) groups is 1. The van der Waals surface area contributed by atoms with Crippen LogP contribution in [0.5, 0.6) is 0 Å². The van der Waals surface area contributed by atoms with E-state index in [1.807, 2.05) is 0 Å². The summed E-state index contributed by atoms with van der Waals surface area (Å²) in [5.41, 5.74) is 6.03. The number of nitrogens with zero attached hydrogens (tertiary/aromatic N) is 2. The van der Waals surface area contributed by atoms with Crippen molar-refractivity contribution < 1.29 is 10.0 Å². The molecule has 1 aliphatic heterocycles. The van der Waals surface area contributed by atoms with Crippen LogP contribution in [0.2, 0.25) is 5.02 Å². The van der Waals surface area contributed by atoms with E-state index >= 15 is 0 Å². The van der Waals surface area contributed by atoms with E-state index in [9.17, 15) is 4.79 Å². The lowest BCUT2D eigenvalue weighted by Crippen LogP contribution is -2.44. The van der Waals surface area contributed by atoms with Gasteiger partial charge in [0.2, 0.25) is 0 Å². The van der Waals surface area contributed by atoms with E-state index in [-0.39, 0.29) is 17.8 Å². The summed E-state index contributed by atoms with van der Waals surface area (Å²) in [5, 5.41) is 12.1. The molecule has 0 bridgehead atoms. The van der Waals surface area contributed by atoms with Crippen molar-refractivity contribution in [1.82, 2.24) is 4.90 Å². The van der Waals surface area contributed by atoms with Crippen LogP contribution in [0.25, 0.3) is 0 Å². The number of nitrogens with two attached hydrogens (primary N) is 1. The van der Waals surface area contributed by atoms with Crippen molar-refractivity contribution in [3.63, 3.8) is 0 Å². The van der Waals surface area contributed by atoms with E-state index in [1.54, 1.807) is 23.1 Å². The number of amides is 1. The lowest BCUT2D eigenvalue weighted by Gasteiger charge is -2.24. The molecule has 102 valence electrons. The standard InChI is InChI=1S/C12H13BrClN3O2/c13-8-4-1-3-7(10(8)14)12(18)17-6-2-5-9(17)11(15)16-19/h1,3-4,9,19H,2,5-6H2,(H2,15,16). The summed E-state index contributed by atoms with van der Waals surface area (Å²) in [6.07, 6.45) is 1.51. The first-order valence-electron chi connectivity index (χ1n) is 5.78. The molecule has 1 unspecified atom stereocenters. The Hall–Kier alpha value is -1.27. The van der Waals surface area contributed by atoms with Gasteiger partial charge in [-0.1, -0.05) is 22.8 Å². The first-order valence-corrected chi connectivity index (χ1v) is 6.95. The maximum atomic E-state index is 12.5. The molecule has 0 spiro atoms. The Labute approximate surface area is 124 Å². The molecule has 1 fully saturated rings. The molecule has 7 heteroatoms. The second-order valence-corrected chi connectivity index (χ2v) is 5.52. The molecule has 1 heterocycles. The van der Waals surface area contributed by atoms with Gasteiger partial charge >= 0.3 is 0 Å². The van der Waals surface area contributed by atoms with Gasteiger partial charge in [-0.15, -0.1) is 0 Å². The van der Waals surface area contributed by atoms with E-state index in [0.717, 1.165) is 6.42 Å². The van der Waals surface area contributed by atoms with Gasteiger partial charge in [0.05, 0.1) is 16.6 Å². The van der Waals surface area contributed by atoms with Crippen LogP contribution in [0.1, 0.15) is 23.2 Å². The van der Waals surface area contributed by atoms with Crippen molar-refractivity contribution in [3.8, 4) is 0 Å². The Bertz CT molecular complexity index is 536. The number of oxime groups is 1. The average molecular weight is 347 g/mol. The molecule has 1 atom stereocenters. The number of hydrogen-bond donors (Lipinski definition) is 2. The highest BCUT2D eigenvalue weighted by molar-refractivity contribution is 9.10. The fourth-order valence-electron chi connectivity index (χ4n) is 2.21. The van der Waals surface area contributed by atoms with Gasteiger partial charge in [0, 0.05) is 11.0 Å². The van der Waals surface area contributed by atoms with Gasteiger partial charge in [-0.3, -0.25) is 4.79 Å². The highest BCUT2D eigenvalue weighted by Crippen LogP contribution is 2.29. The van der Waals surface area contributed by atoms with Crippen LogP contribution < -0.4 is 5.73 Å². The van der Waals surface area contributed by atoms with Gasteiger partial charge in [0.25, 0.3) is 5.91 Å². The van der Waals surface area contributed by atoms with Crippen molar-refractivity contribution in [2.75, 3.05) is 6.54 Å². The van der Waals surface area contributed by atoms with Gasteiger partial charge in [0.1, 0.15) is 0 Å². The van der Waals surface area contributed by atoms with Crippen LogP contribution in [0.15, 0.2) is 27.8 Å². The number of hydrogen-bond acceptors (Lipinski definition) is 3. The zero-order valence-electron chi connectivity index (χ0n) is 10.0. The highest BCUT2D eigenvalue weighted by Gasteiger charge is 2.33. The molecule has 2 rings (SSSR count). The molecule has 0 saturated carbocycles. The van der Waals surface area contributed by atoms with E-state index in [1.165, 1.54) is 0 Å². The van der Waals surface area contributed by atoms with E-state index in [2.05, 4.69) is 21.1 Å². The maximum Gasteiger partial charge on any atom is 0.256 e. The summed E-state index contributed by atoms with van der Waals surface area (Å²) in [7, 11) is 0. The number of halogens is 2. The van der Waals surface area contributed by atoms with Crippen molar-refractivity contribution in [3.05, 3.63) is 33.3 Å². The van der Waals surface area contributed by atoms with Gasteiger partial charge in [-0.2, -0.15) is 0 Å². The summed E-state index contributed by atoms with van der Waals surface area (Å²) in [6.45, 7) is 0.572. The molecule has 1 amide bonds. The minimum absolute atomic E-state index is 0.0527. The minimum atomic E-state index is -0.368. The van der Waals surface area contributed by atoms with Crippen LogP contribution in [-0.4, -0.2) is 34.4 Å². The fraction of sp³-hybridized carbons (Fsp3) is 0.333. The molecule has 0 radical (unpaired) electrons. The Morgan fingerprint density at radius 2 is 2.32 bits per heavy atom. The predicted octanol–water partition coefficient (Wildman–Crippen LogP) is 2.45. The summed E-state index contributed by atoms with van der Waals surface area (Å²) in [5.74, 6) is -0.155. The highest BCUT2D eigenvalue weighted by atomic mass is 79.9. The lowest BCUT2D eigenvalue weighted by molar-refractivity contribution is 0.0768. The van der Waals surface area contributed by atoms with Crippen molar-refractivity contribution >= 4 is 39.3 Å². The third-order valence-corrected chi connectivity index (χ3v) is 4.45. The second-order valence-electron chi connectivity index (χ2n) is 4.28. The van der Waals surface area contributed by atoms with Gasteiger partial charge < -0.3 is 15.8 Å². The molecule has 19 heavy (non-hydrogen) atoms. The molecule has 1 aliphatic rings. The third kappa shape index (κ3) is 2.69. The number of amidine groups is 1. The van der Waals surface area contributed by atoms with Crippen LogP contribution in [-0.2, 0) is 0 Å². The van der Waals surface area contributed by atoms with Crippen molar-refractivity contribution in [1.29, 1.82) is 0 Å². The lowest BCUT2D eigenvalue weighted by atomic mass is 10.1. The van der Waals surface area contributed by atoms with Crippen LogP contribution in [0, 0.1) is 0 Å². The number of carbonyl (C=O) groups excluding carboxylic acids is 1. The van der Waals surface area contributed by atoms with E-state index < -0.39 is 0 Å². The Kier molecular flexibility index (Phi) is 4.31. The SMILES string of the molecule is N/C(=N/O)C1CCCN1C(=O)c1cccc(Br)c1Cl. The number of likely N-dealkylation sites (tertiary alicyclic amines) is 1. The molecule has 3 N–H and O–H groups in total. The molecular weight excluding hydrogens is 334 g/mol.